The number of H-pyrrole nitrogens is 1. The van der Waals surface area contributed by atoms with Crippen molar-refractivity contribution in [3.05, 3.63) is 23.9 Å². The van der Waals surface area contributed by atoms with Crippen LogP contribution in [0.25, 0.3) is 28.6 Å². The first-order chi connectivity index (χ1) is 13.4. The molecule has 3 aromatic rings. The fourth-order valence-corrected chi connectivity index (χ4v) is 4.53. The van der Waals surface area contributed by atoms with Gasteiger partial charge in [0.25, 0.3) is 0 Å². The number of aromatic nitrogens is 4. The number of aromatic amines is 1. The van der Waals surface area contributed by atoms with Gasteiger partial charge in [-0.05, 0) is 13.0 Å². The Hall–Kier alpha value is -2.31. The van der Waals surface area contributed by atoms with Gasteiger partial charge in [-0.3, -0.25) is 0 Å². The van der Waals surface area contributed by atoms with E-state index in [0.717, 1.165) is 6.26 Å². The number of ether oxygens (including phenoxy) is 1. The Labute approximate surface area is 161 Å². The first-order valence-electron chi connectivity index (χ1n) is 8.89. The van der Waals surface area contributed by atoms with Crippen LogP contribution in [0.2, 0.25) is 0 Å². The number of rotatable bonds is 3. The van der Waals surface area contributed by atoms with Crippen molar-refractivity contribution in [2.24, 2.45) is 0 Å². The maximum absolute atomic E-state index is 12.4. The summed E-state index contributed by atoms with van der Waals surface area (Å²) in [6, 6.07) is 1.35. The third kappa shape index (κ3) is 2.66. The molecule has 4 atom stereocenters. The molecule has 4 heterocycles. The van der Waals surface area contributed by atoms with Crippen LogP contribution in [0, 0.1) is 0 Å². The number of nitrogens with zero attached hydrogens (tertiary/aromatic N) is 3. The Morgan fingerprint density at radius 3 is 2.82 bits per heavy atom. The van der Waals surface area contributed by atoms with Crippen molar-refractivity contribution in [2.45, 2.75) is 35.9 Å². The van der Waals surface area contributed by atoms with Gasteiger partial charge in [0.1, 0.15) is 36.8 Å². The molecule has 1 aliphatic heterocycles. The van der Waals surface area contributed by atoms with E-state index in [4.69, 9.17) is 6.11 Å². The molecule has 0 aliphatic carbocycles. The molecule has 0 spiro atoms. The van der Waals surface area contributed by atoms with E-state index in [1.54, 1.807) is 0 Å². The van der Waals surface area contributed by atoms with Crippen LogP contribution in [0.1, 0.15) is 14.5 Å². The predicted octanol–water partition coefficient (Wildman–Crippen LogP) is -0.991. The second-order valence-corrected chi connectivity index (χ2v) is 9.12. The highest BCUT2D eigenvalue weighted by Crippen LogP contribution is 2.41. The van der Waals surface area contributed by atoms with E-state index < -0.39 is 40.5 Å². The summed E-state index contributed by atoms with van der Waals surface area (Å²) >= 11 is 0. The summed E-state index contributed by atoms with van der Waals surface area (Å²) in [5.41, 5.74) is -1.51. The van der Waals surface area contributed by atoms with Crippen molar-refractivity contribution in [3.8, 4) is 0 Å². The molecule has 0 radical (unpaired) electrons. The summed E-state index contributed by atoms with van der Waals surface area (Å²) in [5.74, 6) is 0. The number of aliphatic hydroxyl groups is 3. The number of hydrogen-bond acceptors (Lipinski definition) is 8. The van der Waals surface area contributed by atoms with Crippen LogP contribution in [-0.4, -0.2) is 73.9 Å². The van der Waals surface area contributed by atoms with E-state index in [0.29, 0.717) is 5.39 Å². The summed E-state index contributed by atoms with van der Waals surface area (Å²) in [5, 5.41) is 31.4. The highest BCUT2D eigenvalue weighted by molar-refractivity contribution is 7.91. The summed E-state index contributed by atoms with van der Waals surface area (Å²) in [6.45, 7) is 4.58. The van der Waals surface area contributed by atoms with E-state index in [2.05, 4.69) is 21.5 Å². The van der Waals surface area contributed by atoms with Gasteiger partial charge in [0.2, 0.25) is 0 Å². The minimum Gasteiger partial charge on any atom is -0.394 e. The molecule has 0 bridgehead atoms. The quantitative estimate of drug-likeness (QED) is 0.430. The normalized spacial score (nSPS) is 28.9. The van der Waals surface area contributed by atoms with Crippen molar-refractivity contribution in [1.82, 2.24) is 19.5 Å². The Bertz CT molecular complexity index is 1300. The van der Waals surface area contributed by atoms with Crippen molar-refractivity contribution >= 4 is 38.5 Å². The molecular formula is C17H20N4O6S. The molecule has 11 heteroatoms. The first-order valence-corrected chi connectivity index (χ1v) is 10.3. The Morgan fingerprint density at radius 1 is 1.50 bits per heavy atom. The molecule has 0 amide bonds. The van der Waals surface area contributed by atoms with Gasteiger partial charge >= 0.3 is 0 Å². The highest BCUT2D eigenvalue weighted by atomic mass is 32.2. The molecule has 10 nitrogen and oxygen atoms in total. The van der Waals surface area contributed by atoms with Gasteiger partial charge in [0, 0.05) is 23.2 Å². The largest absolute Gasteiger partial charge is 0.394 e. The standard InChI is InChI=1S/C17H20N4O6S/c1-8-4-11(28(3,25)26)9-5-21(15-12(9)14(20-8)18-7-19-15)16-17(2,24)13(23)10(6-22)27-16/h4-5,7,10,13,16,22-24H,1,6H2,2-3H3,(H,18,19,20)/t10-,13-,16-,17?/m1/s1/i7T. The Balaban J connectivity index is 2.14. The lowest BCUT2D eigenvalue weighted by atomic mass is 9.96. The maximum Gasteiger partial charge on any atom is 0.176 e. The van der Waals surface area contributed by atoms with Crippen LogP contribution in [0.5, 0.6) is 0 Å². The van der Waals surface area contributed by atoms with E-state index in [1.165, 1.54) is 23.8 Å². The van der Waals surface area contributed by atoms with E-state index >= 15 is 0 Å². The average Bonchev–Trinajstić information content (AvgIpc) is 3.01. The van der Waals surface area contributed by atoms with Gasteiger partial charge in [-0.15, -0.1) is 0 Å². The molecule has 3 aromatic heterocycles. The van der Waals surface area contributed by atoms with Crippen molar-refractivity contribution in [3.63, 3.8) is 0 Å². The van der Waals surface area contributed by atoms with E-state index in [1.807, 2.05) is 0 Å². The number of sulfone groups is 1. The molecule has 150 valence electrons. The number of hydrogen-bond donors (Lipinski definition) is 4. The molecule has 1 saturated heterocycles. The minimum absolute atomic E-state index is 0.0456. The van der Waals surface area contributed by atoms with Crippen molar-refractivity contribution < 1.29 is 29.8 Å². The Kier molecular flexibility index (Phi) is 3.87. The summed E-state index contributed by atoms with van der Waals surface area (Å²) in [4.78, 5) is 11.0. The first kappa shape index (κ1) is 17.8. The molecule has 4 rings (SSSR count). The summed E-state index contributed by atoms with van der Waals surface area (Å²) in [7, 11) is -3.69. The van der Waals surface area contributed by atoms with Gasteiger partial charge in [-0.25, -0.2) is 18.4 Å². The van der Waals surface area contributed by atoms with Gasteiger partial charge < -0.3 is 29.6 Å². The van der Waals surface area contributed by atoms with Gasteiger partial charge in [0.15, 0.2) is 16.1 Å². The van der Waals surface area contributed by atoms with Crippen molar-refractivity contribution in [2.75, 3.05) is 12.9 Å². The lowest BCUT2D eigenvalue weighted by molar-refractivity contribution is -0.0947. The van der Waals surface area contributed by atoms with E-state index in [-0.39, 0.29) is 33.2 Å². The van der Waals surface area contributed by atoms with Gasteiger partial charge in [0.05, 0.1) is 16.9 Å². The van der Waals surface area contributed by atoms with Gasteiger partial charge in [-0.1, -0.05) is 6.58 Å². The molecule has 0 saturated carbocycles. The number of nitrogens with one attached hydrogen (secondary N) is 1. The molecule has 1 aliphatic rings. The van der Waals surface area contributed by atoms with Crippen LogP contribution in [-0.2, 0) is 14.6 Å². The zero-order valence-electron chi connectivity index (χ0n) is 16.1. The van der Waals surface area contributed by atoms with Crippen LogP contribution in [0.4, 0.5) is 0 Å². The highest BCUT2D eigenvalue weighted by Gasteiger charge is 2.53. The average molecular weight is 410 g/mol. The van der Waals surface area contributed by atoms with Crippen LogP contribution in [0.3, 0.4) is 0 Å². The maximum atomic E-state index is 12.4. The molecule has 4 N–H and O–H groups in total. The van der Waals surface area contributed by atoms with Gasteiger partial charge in [-0.2, -0.15) is 0 Å². The topological polar surface area (TPSA) is 151 Å². The van der Waals surface area contributed by atoms with E-state index in [9.17, 15) is 23.7 Å². The SMILES string of the molecule is [3H]c1nc2[nH]c(=C)cc(S(C)(=O)=O)c3cn([C@@H]4O[C@H](CO)[C@@H](O)C4(C)O)c(n1)c23. The molecule has 1 unspecified atom stereocenters. The van der Waals surface area contributed by atoms with Crippen molar-refractivity contribution in [1.29, 1.82) is 0 Å². The second kappa shape index (κ2) is 6.09. The summed E-state index contributed by atoms with van der Waals surface area (Å²) < 4.78 is 39.8. The fraction of sp³-hybridized carbons (Fsp3) is 0.412. The molecule has 0 aromatic carbocycles. The lowest BCUT2D eigenvalue weighted by Crippen LogP contribution is -2.44. The molecule has 28 heavy (non-hydrogen) atoms. The Morgan fingerprint density at radius 2 is 2.21 bits per heavy atom. The lowest BCUT2D eigenvalue weighted by Gasteiger charge is -2.27. The second-order valence-electron chi connectivity index (χ2n) is 7.13. The zero-order chi connectivity index (χ0) is 21.3. The summed E-state index contributed by atoms with van der Waals surface area (Å²) in [6.07, 6.45) is -1.53. The fourth-order valence-electron chi connectivity index (χ4n) is 3.62. The third-order valence-corrected chi connectivity index (χ3v) is 6.13. The minimum atomic E-state index is -3.69. The molecule has 1 fully saturated rings. The van der Waals surface area contributed by atoms with Crippen LogP contribution in [0.15, 0.2) is 23.5 Å². The monoisotopic (exact) mass is 410 g/mol. The smallest absolute Gasteiger partial charge is 0.176 e. The van der Waals surface area contributed by atoms with Crippen LogP contribution >= 0.6 is 0 Å². The molecular weight excluding hydrogens is 388 g/mol. The third-order valence-electron chi connectivity index (χ3n) is 5.00. The predicted molar refractivity (Wildman–Crippen MR) is 99.7 cm³/mol. The zero-order valence-corrected chi connectivity index (χ0v) is 15.9. The van der Waals surface area contributed by atoms with Crippen LogP contribution < -0.4 is 5.35 Å². The number of aliphatic hydroxyl groups excluding tert-OH is 2.